The molecule has 0 radical (unpaired) electrons. The van der Waals surface area contributed by atoms with E-state index in [1.165, 1.54) is 0 Å². The summed E-state index contributed by atoms with van der Waals surface area (Å²) in [5, 5.41) is 14.2. The van der Waals surface area contributed by atoms with Crippen LogP contribution in [0.15, 0.2) is 48.7 Å². The smallest absolute Gasteiger partial charge is 0.253 e. The van der Waals surface area contributed by atoms with Gasteiger partial charge in [-0.15, -0.1) is 0 Å². The molecule has 210 valence electrons. The van der Waals surface area contributed by atoms with E-state index in [0.29, 0.717) is 42.1 Å². The lowest BCUT2D eigenvalue weighted by Gasteiger charge is -2.24. The Labute approximate surface area is 234 Å². The number of rotatable bonds is 10. The van der Waals surface area contributed by atoms with Gasteiger partial charge in [-0.2, -0.15) is 0 Å². The number of Topliss-reactive ketones (excluding diaryl/α,β-unsaturated/α-hetero) is 1. The summed E-state index contributed by atoms with van der Waals surface area (Å²) in [5.41, 5.74) is 5.51. The predicted octanol–water partition coefficient (Wildman–Crippen LogP) is 5.16. The van der Waals surface area contributed by atoms with Gasteiger partial charge < -0.3 is 29.4 Å². The lowest BCUT2D eigenvalue weighted by molar-refractivity contribution is 0.0887. The number of para-hydroxylation sites is 1. The summed E-state index contributed by atoms with van der Waals surface area (Å²) in [7, 11) is 1.62. The predicted molar refractivity (Wildman–Crippen MR) is 155 cm³/mol. The van der Waals surface area contributed by atoms with E-state index in [1.807, 2.05) is 74.9 Å². The number of aliphatic hydroxyl groups is 1. The van der Waals surface area contributed by atoms with Crippen molar-refractivity contribution < 1.29 is 24.2 Å². The fourth-order valence-electron chi connectivity index (χ4n) is 5.49. The van der Waals surface area contributed by atoms with Gasteiger partial charge in [-0.05, 0) is 62.1 Å². The Hall–Kier alpha value is -4.04. The maximum absolute atomic E-state index is 13.8. The average molecular weight is 544 g/mol. The first-order chi connectivity index (χ1) is 19.2. The molecule has 0 spiro atoms. The molecular weight excluding hydrogens is 506 g/mol. The fourth-order valence-corrected chi connectivity index (χ4v) is 5.49. The molecule has 0 aliphatic carbocycles. The number of nitrogens with zero attached hydrogens (tertiary/aromatic N) is 1. The first-order valence-corrected chi connectivity index (χ1v) is 13.8. The van der Waals surface area contributed by atoms with Crippen molar-refractivity contribution in [2.45, 2.75) is 59.2 Å². The summed E-state index contributed by atoms with van der Waals surface area (Å²) in [5.74, 6) is 0.518. The highest BCUT2D eigenvalue weighted by atomic mass is 16.5. The number of methoxy groups -OCH3 is 1. The number of nitrogens with one attached hydrogen (secondary N) is 2. The monoisotopic (exact) mass is 543 g/mol. The van der Waals surface area contributed by atoms with Crippen molar-refractivity contribution in [3.63, 3.8) is 0 Å². The zero-order valence-corrected chi connectivity index (χ0v) is 23.7. The SMILES string of the molecule is COc1cc2c(cc1OC(C)C)-c1cc(C(=O)NC(CO)Cc3c[nH]c4ccccc34)c(C(=O)C(C)C)n1CC2. The molecule has 1 atom stereocenters. The standard InChI is InChI=1S/C32H37N3O5/c1-18(2)31(37)30-25(32(38)34-22(17-36)12-21-16-33-26-9-7-6-8-23(21)26)14-27-24-15-29(40-19(3)4)28(39-5)13-20(24)10-11-35(27)30/h6-9,13-16,18-19,22,33,36H,10-12,17H2,1-5H3,(H,34,38). The third-order valence-corrected chi connectivity index (χ3v) is 7.43. The van der Waals surface area contributed by atoms with E-state index in [-0.39, 0.29) is 30.3 Å². The Balaban J connectivity index is 1.52. The van der Waals surface area contributed by atoms with Crippen molar-refractivity contribution in [3.8, 4) is 22.8 Å². The van der Waals surface area contributed by atoms with Gasteiger partial charge in [0, 0.05) is 40.8 Å². The molecule has 2 aromatic heterocycles. The van der Waals surface area contributed by atoms with E-state index >= 15 is 0 Å². The van der Waals surface area contributed by atoms with Gasteiger partial charge in [-0.3, -0.25) is 9.59 Å². The highest BCUT2D eigenvalue weighted by Gasteiger charge is 2.31. The lowest BCUT2D eigenvalue weighted by Crippen LogP contribution is -2.39. The first kappa shape index (κ1) is 27.5. The number of aromatic amines is 1. The van der Waals surface area contributed by atoms with Crippen LogP contribution in [0.4, 0.5) is 0 Å². The van der Waals surface area contributed by atoms with Crippen molar-refractivity contribution >= 4 is 22.6 Å². The normalized spacial score (nSPS) is 13.3. The fraction of sp³-hybridized carbons (Fsp3) is 0.375. The minimum atomic E-state index is -0.520. The van der Waals surface area contributed by atoms with Crippen molar-refractivity contribution in [2.24, 2.45) is 5.92 Å². The van der Waals surface area contributed by atoms with Gasteiger partial charge >= 0.3 is 0 Å². The number of benzene rings is 2. The van der Waals surface area contributed by atoms with Gasteiger partial charge in [0.25, 0.3) is 5.91 Å². The molecular formula is C32H37N3O5. The number of ketones is 1. The summed E-state index contributed by atoms with van der Waals surface area (Å²) in [6.07, 6.45) is 3.00. The largest absolute Gasteiger partial charge is 0.493 e. The van der Waals surface area contributed by atoms with Gasteiger partial charge in [0.2, 0.25) is 0 Å². The van der Waals surface area contributed by atoms with Gasteiger partial charge in [0.1, 0.15) is 0 Å². The van der Waals surface area contributed by atoms with Crippen LogP contribution in [0.2, 0.25) is 0 Å². The summed E-state index contributed by atoms with van der Waals surface area (Å²) in [4.78, 5) is 30.5. The number of ether oxygens (including phenoxy) is 2. The van der Waals surface area contributed by atoms with Crippen LogP contribution in [0.3, 0.4) is 0 Å². The molecule has 0 fully saturated rings. The summed E-state index contributed by atoms with van der Waals surface area (Å²) >= 11 is 0. The zero-order chi connectivity index (χ0) is 28.6. The molecule has 4 aromatic rings. The molecule has 40 heavy (non-hydrogen) atoms. The molecule has 1 aliphatic rings. The molecule has 5 rings (SSSR count). The van der Waals surface area contributed by atoms with Crippen LogP contribution in [-0.4, -0.2) is 52.2 Å². The minimum absolute atomic E-state index is 0.0469. The Morgan fingerprint density at radius 1 is 1.10 bits per heavy atom. The number of H-pyrrole nitrogens is 1. The minimum Gasteiger partial charge on any atom is -0.493 e. The van der Waals surface area contributed by atoms with Gasteiger partial charge in [0.15, 0.2) is 17.3 Å². The number of hydrogen-bond donors (Lipinski definition) is 3. The van der Waals surface area contributed by atoms with Gasteiger partial charge in [-0.1, -0.05) is 32.0 Å². The second kappa shape index (κ2) is 11.2. The zero-order valence-electron chi connectivity index (χ0n) is 23.7. The molecule has 8 heteroatoms. The molecule has 0 saturated carbocycles. The highest BCUT2D eigenvalue weighted by Crippen LogP contribution is 2.41. The second-order valence-electron chi connectivity index (χ2n) is 11.0. The van der Waals surface area contributed by atoms with Crippen LogP contribution >= 0.6 is 0 Å². The Kier molecular flexibility index (Phi) is 7.72. The van der Waals surface area contributed by atoms with Crippen LogP contribution in [0.5, 0.6) is 11.5 Å². The number of amides is 1. The van der Waals surface area contributed by atoms with Gasteiger partial charge in [-0.25, -0.2) is 0 Å². The summed E-state index contributed by atoms with van der Waals surface area (Å²) in [6.45, 7) is 7.93. The molecule has 3 N–H and O–H groups in total. The van der Waals surface area contributed by atoms with E-state index in [1.54, 1.807) is 13.2 Å². The maximum Gasteiger partial charge on any atom is 0.253 e. The quantitative estimate of drug-likeness (QED) is 0.240. The van der Waals surface area contributed by atoms with Crippen LogP contribution in [-0.2, 0) is 19.4 Å². The third-order valence-electron chi connectivity index (χ3n) is 7.43. The van der Waals surface area contributed by atoms with Crippen LogP contribution in [0, 0.1) is 5.92 Å². The Bertz CT molecular complexity index is 1560. The van der Waals surface area contributed by atoms with Crippen molar-refractivity contribution in [2.75, 3.05) is 13.7 Å². The highest BCUT2D eigenvalue weighted by molar-refractivity contribution is 6.09. The third kappa shape index (κ3) is 5.11. The molecule has 1 aliphatic heterocycles. The number of carbonyl (C=O) groups is 2. The lowest BCUT2D eigenvalue weighted by atomic mass is 9.97. The summed E-state index contributed by atoms with van der Waals surface area (Å²) in [6, 6.07) is 13.1. The number of fused-ring (bicyclic) bond motifs is 4. The molecule has 0 bridgehead atoms. The second-order valence-corrected chi connectivity index (χ2v) is 11.0. The topological polar surface area (TPSA) is 106 Å². The molecule has 2 aromatic carbocycles. The van der Waals surface area contributed by atoms with Crippen LogP contribution < -0.4 is 14.8 Å². The van der Waals surface area contributed by atoms with E-state index in [9.17, 15) is 14.7 Å². The van der Waals surface area contributed by atoms with E-state index in [4.69, 9.17) is 9.47 Å². The average Bonchev–Trinajstić information content (AvgIpc) is 3.53. The Morgan fingerprint density at radius 3 is 2.58 bits per heavy atom. The number of aryl methyl sites for hydroxylation is 1. The number of aromatic nitrogens is 2. The Morgan fingerprint density at radius 2 is 1.88 bits per heavy atom. The van der Waals surface area contributed by atoms with Crippen molar-refractivity contribution in [1.29, 1.82) is 0 Å². The van der Waals surface area contributed by atoms with Crippen molar-refractivity contribution in [3.05, 3.63) is 71.0 Å². The van der Waals surface area contributed by atoms with Crippen LogP contribution in [0.25, 0.3) is 22.2 Å². The van der Waals surface area contributed by atoms with Gasteiger partial charge in [0.05, 0.1) is 37.1 Å². The van der Waals surface area contributed by atoms with Crippen molar-refractivity contribution in [1.82, 2.24) is 14.9 Å². The maximum atomic E-state index is 13.8. The number of aliphatic hydroxyl groups excluding tert-OH is 1. The molecule has 0 saturated heterocycles. The first-order valence-electron chi connectivity index (χ1n) is 13.8. The number of hydrogen-bond acceptors (Lipinski definition) is 5. The van der Waals surface area contributed by atoms with E-state index in [0.717, 1.165) is 33.3 Å². The summed E-state index contributed by atoms with van der Waals surface area (Å²) < 4.78 is 13.6. The van der Waals surface area contributed by atoms with E-state index in [2.05, 4.69) is 10.3 Å². The molecule has 3 heterocycles. The van der Waals surface area contributed by atoms with Crippen LogP contribution in [0.1, 0.15) is 59.7 Å². The molecule has 1 unspecified atom stereocenters. The number of carbonyl (C=O) groups excluding carboxylic acids is 2. The molecule has 1 amide bonds. The van der Waals surface area contributed by atoms with E-state index < -0.39 is 6.04 Å². The molecule has 8 nitrogen and oxygen atoms in total.